The Kier molecular flexibility index (Phi) is 3.35. The van der Waals surface area contributed by atoms with Crippen LogP contribution in [0, 0.1) is 19.8 Å². The molecule has 1 aromatic carbocycles. The molecule has 1 fully saturated rings. The predicted molar refractivity (Wildman–Crippen MR) is 92.0 cm³/mol. The van der Waals surface area contributed by atoms with E-state index in [1.165, 1.54) is 10.3 Å². The SMILES string of the molecule is Cc1cnn(CC2CN(c3nc4c(C)c(Cl)ccc4s3)C2)c1. The number of benzene rings is 1. The molecule has 1 aliphatic heterocycles. The first-order chi connectivity index (χ1) is 10.6. The minimum absolute atomic E-state index is 0.649. The molecule has 22 heavy (non-hydrogen) atoms. The summed E-state index contributed by atoms with van der Waals surface area (Å²) in [7, 11) is 0. The van der Waals surface area contributed by atoms with Crippen LogP contribution in [0.3, 0.4) is 0 Å². The average Bonchev–Trinajstić information content (AvgIpc) is 3.04. The second-order valence-corrected chi connectivity index (χ2v) is 7.44. The van der Waals surface area contributed by atoms with Crippen molar-refractivity contribution in [2.45, 2.75) is 20.4 Å². The molecule has 4 rings (SSSR count). The van der Waals surface area contributed by atoms with Gasteiger partial charge in [0, 0.05) is 36.8 Å². The second-order valence-electron chi connectivity index (χ2n) is 6.03. The van der Waals surface area contributed by atoms with Crippen molar-refractivity contribution < 1.29 is 0 Å². The normalized spacial score (nSPS) is 15.5. The van der Waals surface area contributed by atoms with E-state index in [-0.39, 0.29) is 0 Å². The number of aryl methyl sites for hydroxylation is 2. The van der Waals surface area contributed by atoms with Crippen LogP contribution in [-0.2, 0) is 6.54 Å². The third-order valence-corrected chi connectivity index (χ3v) is 5.66. The zero-order valence-corrected chi connectivity index (χ0v) is 14.2. The van der Waals surface area contributed by atoms with Crippen LogP contribution >= 0.6 is 22.9 Å². The predicted octanol–water partition coefficient (Wildman–Crippen LogP) is 3.90. The lowest BCUT2D eigenvalue weighted by Gasteiger charge is -2.39. The molecule has 0 bridgehead atoms. The Morgan fingerprint density at radius 3 is 2.86 bits per heavy atom. The van der Waals surface area contributed by atoms with Gasteiger partial charge in [-0.25, -0.2) is 4.98 Å². The molecule has 1 saturated heterocycles. The number of rotatable bonds is 3. The van der Waals surface area contributed by atoms with Crippen LogP contribution in [0.15, 0.2) is 24.5 Å². The quantitative estimate of drug-likeness (QED) is 0.729. The molecule has 1 aliphatic rings. The van der Waals surface area contributed by atoms with Gasteiger partial charge in [-0.3, -0.25) is 4.68 Å². The fraction of sp³-hybridized carbons (Fsp3) is 0.375. The maximum atomic E-state index is 6.18. The first-order valence-corrected chi connectivity index (χ1v) is 8.59. The highest BCUT2D eigenvalue weighted by Gasteiger charge is 2.29. The van der Waals surface area contributed by atoms with Gasteiger partial charge < -0.3 is 4.90 Å². The van der Waals surface area contributed by atoms with Gasteiger partial charge in [-0.05, 0) is 37.1 Å². The average molecular weight is 333 g/mol. The number of hydrogen-bond acceptors (Lipinski definition) is 4. The zero-order valence-electron chi connectivity index (χ0n) is 12.6. The first-order valence-electron chi connectivity index (χ1n) is 7.40. The first kappa shape index (κ1) is 14.0. The van der Waals surface area contributed by atoms with Crippen molar-refractivity contribution in [1.82, 2.24) is 14.8 Å². The van der Waals surface area contributed by atoms with E-state index in [4.69, 9.17) is 16.6 Å². The number of halogens is 1. The standard InChI is InChI=1S/C16H17ClN4S/c1-10-5-18-21(6-10)9-12-7-20(8-12)16-19-15-11(2)13(17)3-4-14(15)22-16/h3-6,12H,7-9H2,1-2H3. The van der Waals surface area contributed by atoms with E-state index in [1.807, 2.05) is 23.9 Å². The number of anilines is 1. The minimum atomic E-state index is 0.649. The number of hydrogen-bond donors (Lipinski definition) is 0. The lowest BCUT2D eigenvalue weighted by Crippen LogP contribution is -2.48. The van der Waals surface area contributed by atoms with Crippen molar-refractivity contribution in [3.63, 3.8) is 0 Å². The van der Waals surface area contributed by atoms with Crippen LogP contribution in [0.25, 0.3) is 10.2 Å². The summed E-state index contributed by atoms with van der Waals surface area (Å²) < 4.78 is 3.25. The Hall–Kier alpha value is -1.59. The van der Waals surface area contributed by atoms with Gasteiger partial charge in [0.1, 0.15) is 0 Å². The molecule has 0 amide bonds. The molecule has 0 unspecified atom stereocenters. The molecule has 3 aromatic rings. The van der Waals surface area contributed by atoms with E-state index in [0.29, 0.717) is 5.92 Å². The van der Waals surface area contributed by atoms with Crippen molar-refractivity contribution in [2.75, 3.05) is 18.0 Å². The highest BCUT2D eigenvalue weighted by atomic mass is 35.5. The Labute approximate surface area is 138 Å². The molecule has 2 aromatic heterocycles. The van der Waals surface area contributed by atoms with Crippen molar-refractivity contribution in [2.24, 2.45) is 5.92 Å². The van der Waals surface area contributed by atoms with Gasteiger partial charge in [0.05, 0.1) is 16.4 Å². The van der Waals surface area contributed by atoms with E-state index in [2.05, 4.69) is 29.2 Å². The summed E-state index contributed by atoms with van der Waals surface area (Å²) in [5.41, 5.74) is 3.33. The highest BCUT2D eigenvalue weighted by Crippen LogP contribution is 2.36. The van der Waals surface area contributed by atoms with Crippen molar-refractivity contribution in [3.05, 3.63) is 40.7 Å². The fourth-order valence-electron chi connectivity index (χ4n) is 2.90. The molecule has 0 aliphatic carbocycles. The Morgan fingerprint density at radius 2 is 2.14 bits per heavy atom. The van der Waals surface area contributed by atoms with Gasteiger partial charge in [0.25, 0.3) is 0 Å². The number of fused-ring (bicyclic) bond motifs is 1. The monoisotopic (exact) mass is 332 g/mol. The van der Waals surface area contributed by atoms with E-state index in [0.717, 1.165) is 40.9 Å². The van der Waals surface area contributed by atoms with Gasteiger partial charge in [-0.2, -0.15) is 5.10 Å². The Bertz CT molecular complexity index is 832. The smallest absolute Gasteiger partial charge is 0.186 e. The molecule has 0 radical (unpaired) electrons. The highest BCUT2D eigenvalue weighted by molar-refractivity contribution is 7.22. The molecule has 4 nitrogen and oxygen atoms in total. The number of thiazole rings is 1. The molecular weight excluding hydrogens is 316 g/mol. The lowest BCUT2D eigenvalue weighted by molar-refractivity contribution is 0.342. The molecule has 0 spiro atoms. The number of aromatic nitrogens is 3. The third kappa shape index (κ3) is 2.38. The summed E-state index contributed by atoms with van der Waals surface area (Å²) >= 11 is 7.93. The molecule has 114 valence electrons. The van der Waals surface area contributed by atoms with Crippen LogP contribution in [0.2, 0.25) is 5.02 Å². The van der Waals surface area contributed by atoms with Crippen LogP contribution in [0.1, 0.15) is 11.1 Å². The molecule has 0 atom stereocenters. The summed E-state index contributed by atoms with van der Waals surface area (Å²) in [6, 6.07) is 4.02. The van der Waals surface area contributed by atoms with E-state index >= 15 is 0 Å². The summed E-state index contributed by atoms with van der Waals surface area (Å²) in [5, 5.41) is 6.26. The molecule has 0 N–H and O–H groups in total. The largest absolute Gasteiger partial charge is 0.347 e. The lowest BCUT2D eigenvalue weighted by atomic mass is 10.0. The van der Waals surface area contributed by atoms with Gasteiger partial charge >= 0.3 is 0 Å². The van der Waals surface area contributed by atoms with Gasteiger partial charge in [0.15, 0.2) is 5.13 Å². The third-order valence-electron chi connectivity index (χ3n) is 4.17. The van der Waals surface area contributed by atoms with Crippen molar-refractivity contribution >= 4 is 38.3 Å². The van der Waals surface area contributed by atoms with E-state index in [9.17, 15) is 0 Å². The molecule has 6 heteroatoms. The maximum absolute atomic E-state index is 6.18. The summed E-state index contributed by atoms with van der Waals surface area (Å²) in [4.78, 5) is 7.12. The minimum Gasteiger partial charge on any atom is -0.347 e. The summed E-state index contributed by atoms with van der Waals surface area (Å²) in [6.45, 7) is 7.19. The summed E-state index contributed by atoms with van der Waals surface area (Å²) in [5.74, 6) is 0.649. The van der Waals surface area contributed by atoms with Crippen LogP contribution in [0.4, 0.5) is 5.13 Å². The van der Waals surface area contributed by atoms with Gasteiger partial charge in [-0.1, -0.05) is 22.9 Å². The maximum Gasteiger partial charge on any atom is 0.186 e. The van der Waals surface area contributed by atoms with Crippen LogP contribution in [0.5, 0.6) is 0 Å². The van der Waals surface area contributed by atoms with Gasteiger partial charge in [-0.15, -0.1) is 0 Å². The fourth-order valence-corrected chi connectivity index (χ4v) is 4.09. The van der Waals surface area contributed by atoms with Gasteiger partial charge in [0.2, 0.25) is 0 Å². The van der Waals surface area contributed by atoms with Crippen molar-refractivity contribution in [1.29, 1.82) is 0 Å². The van der Waals surface area contributed by atoms with Crippen LogP contribution < -0.4 is 4.90 Å². The molecular formula is C16H17ClN4S. The van der Waals surface area contributed by atoms with Crippen LogP contribution in [-0.4, -0.2) is 27.9 Å². The second kappa shape index (κ2) is 5.25. The summed E-state index contributed by atoms with van der Waals surface area (Å²) in [6.07, 6.45) is 4.02. The number of nitrogens with zero attached hydrogens (tertiary/aromatic N) is 4. The van der Waals surface area contributed by atoms with Crippen molar-refractivity contribution in [3.8, 4) is 0 Å². The molecule has 0 saturated carbocycles. The Morgan fingerprint density at radius 1 is 1.32 bits per heavy atom. The molecule has 3 heterocycles. The van der Waals surface area contributed by atoms with E-state index in [1.54, 1.807) is 11.3 Å². The topological polar surface area (TPSA) is 34.0 Å². The zero-order chi connectivity index (χ0) is 15.3. The Balaban J connectivity index is 1.47. The van der Waals surface area contributed by atoms with E-state index < -0.39 is 0 Å².